The second-order valence-electron chi connectivity index (χ2n) is 16.7. The Bertz CT molecular complexity index is 1800. The minimum atomic E-state index is -1.77. The molecule has 0 radical (unpaired) electrons. The number of hydrogen-bond donors (Lipinski definition) is 14. The number of nitrogens with one attached hydrogen (secondary N) is 8. The maximum atomic E-state index is 14.2. The van der Waals surface area contributed by atoms with Crippen molar-refractivity contribution in [2.24, 2.45) is 50.5 Å². The molecule has 1 aromatic heterocycles. The van der Waals surface area contributed by atoms with Crippen molar-refractivity contribution >= 4 is 59.2 Å². The maximum Gasteiger partial charge on any atom is 0.305 e. The van der Waals surface area contributed by atoms with Crippen molar-refractivity contribution < 1.29 is 43.5 Å². The SMILES string of the molecule is CC(C)C[C@@H]1NC(=O)[C@H](CCCCN)NC(=O)[C@H](CC(=O)O)NC(=O)[C@H](Cc2cnc[nH]2)NC(=O)[C@@H](CCCN=C(N)N)NC(=O)[C@H](CCCN=C(N)N)NC(=O)[C@H](CC(C)C)NC1=O. The number of carboxylic acid groups (broad SMARTS) is 1. The molecule has 1 aromatic rings. The highest BCUT2D eigenvalue weighted by molar-refractivity contribution is 5.99. The van der Waals surface area contributed by atoms with Crippen molar-refractivity contribution in [1.82, 2.24) is 47.2 Å². The predicted octanol–water partition coefficient (Wildman–Crippen LogP) is -3.84. The molecule has 364 valence electrons. The van der Waals surface area contributed by atoms with Gasteiger partial charge in [0.25, 0.3) is 0 Å². The molecule has 0 spiro atoms. The van der Waals surface area contributed by atoms with Crippen molar-refractivity contribution in [2.75, 3.05) is 19.6 Å². The topological polar surface area (TPSA) is 424 Å². The fourth-order valence-electron chi connectivity index (χ4n) is 6.83. The quantitative estimate of drug-likeness (QED) is 0.0338. The van der Waals surface area contributed by atoms with Crippen LogP contribution in [-0.4, -0.2) is 136 Å². The van der Waals surface area contributed by atoms with E-state index in [0.29, 0.717) is 18.5 Å². The molecule has 0 unspecified atom stereocenters. The summed E-state index contributed by atoms with van der Waals surface area (Å²) in [4.78, 5) is 126. The largest absolute Gasteiger partial charge is 0.481 e. The van der Waals surface area contributed by atoms with Gasteiger partial charge in [-0.3, -0.25) is 48.3 Å². The number of hydrogen-bond acceptors (Lipinski definition) is 12. The zero-order chi connectivity index (χ0) is 48.6. The highest BCUT2D eigenvalue weighted by atomic mass is 16.4. The van der Waals surface area contributed by atoms with Crippen LogP contribution in [0.15, 0.2) is 22.5 Å². The lowest BCUT2D eigenvalue weighted by atomic mass is 9.99. The van der Waals surface area contributed by atoms with Crippen LogP contribution in [0, 0.1) is 11.8 Å². The maximum absolute atomic E-state index is 14.2. The van der Waals surface area contributed by atoms with E-state index in [1.54, 1.807) is 0 Å². The molecule has 0 aliphatic carbocycles. The van der Waals surface area contributed by atoms with Gasteiger partial charge < -0.3 is 76.0 Å². The molecule has 1 aliphatic rings. The van der Waals surface area contributed by atoms with Gasteiger partial charge in [-0.25, -0.2) is 4.98 Å². The summed E-state index contributed by atoms with van der Waals surface area (Å²) in [7, 11) is 0. The number of aliphatic imine (C=N–C) groups is 2. The summed E-state index contributed by atoms with van der Waals surface area (Å²) in [6, 6.07) is -9.73. The molecule has 0 aromatic carbocycles. The third-order valence-electron chi connectivity index (χ3n) is 10.0. The summed E-state index contributed by atoms with van der Waals surface area (Å²) in [5.74, 6) is -8.19. The Balaban J connectivity index is 2.82. The predicted molar refractivity (Wildman–Crippen MR) is 240 cm³/mol. The number of nitrogens with two attached hydrogens (primary N) is 5. The molecule has 1 saturated heterocycles. The molecular weight excluding hydrogens is 849 g/mol. The van der Waals surface area contributed by atoms with Gasteiger partial charge in [0.2, 0.25) is 41.4 Å². The van der Waals surface area contributed by atoms with Gasteiger partial charge in [-0.1, -0.05) is 27.7 Å². The Morgan fingerprint density at radius 1 is 0.585 bits per heavy atom. The number of imidazole rings is 1. The Labute approximate surface area is 378 Å². The Morgan fingerprint density at radius 3 is 1.34 bits per heavy atom. The summed E-state index contributed by atoms with van der Waals surface area (Å²) in [5, 5.41) is 28.2. The average molecular weight is 919 g/mol. The summed E-state index contributed by atoms with van der Waals surface area (Å²) in [5.41, 5.74) is 28.1. The normalized spacial score (nSPS) is 23.1. The van der Waals surface area contributed by atoms with Gasteiger partial charge >= 0.3 is 5.97 Å². The minimum Gasteiger partial charge on any atom is -0.481 e. The van der Waals surface area contributed by atoms with Gasteiger partial charge in [-0.05, 0) is 76.2 Å². The third kappa shape index (κ3) is 21.1. The van der Waals surface area contributed by atoms with Gasteiger partial charge in [0.15, 0.2) is 11.9 Å². The second kappa shape index (κ2) is 28.3. The molecule has 7 atom stereocenters. The fourth-order valence-corrected chi connectivity index (χ4v) is 6.83. The lowest BCUT2D eigenvalue weighted by Crippen LogP contribution is -2.60. The van der Waals surface area contributed by atoms with Crippen molar-refractivity contribution in [3.8, 4) is 0 Å². The van der Waals surface area contributed by atoms with E-state index in [1.165, 1.54) is 12.5 Å². The number of carboxylic acids is 1. The van der Waals surface area contributed by atoms with Gasteiger partial charge in [0.05, 0.1) is 12.7 Å². The van der Waals surface area contributed by atoms with Crippen molar-refractivity contribution in [3.63, 3.8) is 0 Å². The number of guanidine groups is 2. The molecule has 7 amide bonds. The minimum absolute atomic E-state index is 0.0194. The lowest BCUT2D eigenvalue weighted by Gasteiger charge is -2.28. The number of carbonyl (C=O) groups is 8. The summed E-state index contributed by atoms with van der Waals surface area (Å²) in [6.07, 6.45) is 2.79. The van der Waals surface area contributed by atoms with Crippen LogP contribution >= 0.6 is 0 Å². The summed E-state index contributed by atoms with van der Waals surface area (Å²) in [6.45, 7) is 7.66. The molecule has 2 rings (SSSR count). The van der Waals surface area contributed by atoms with Crippen LogP contribution in [0.3, 0.4) is 0 Å². The number of rotatable bonds is 20. The standard InChI is InChI=1S/C40H70N16O9/c1-21(2)15-27-35(62)52-25(10-7-13-47-39(42)43)32(59)50-26(11-8-14-48-40(44)45)34(61)55-29(17-23-19-46-20-49-23)37(64)56-30(18-31(57)58)38(65)51-24(9-5-6-12-41)33(60)53-28(16-22(3)4)36(63)54-27/h19-22,24-30H,5-18,41H2,1-4H3,(H,46,49)(H,50,59)(H,51,65)(H,52,62)(H,53,60)(H,54,63)(H,55,61)(H,56,64)(H,57,58)(H4,42,43,47)(H4,44,45,48)/t24-,25-,26+,27-,28-,29-,30-/m0/s1. The highest BCUT2D eigenvalue weighted by Crippen LogP contribution is 2.13. The first kappa shape index (κ1) is 54.6. The molecule has 2 heterocycles. The number of aliphatic carboxylic acids is 1. The second-order valence-corrected chi connectivity index (χ2v) is 16.7. The Morgan fingerprint density at radius 2 is 0.954 bits per heavy atom. The number of H-pyrrole nitrogens is 1. The number of nitrogens with zero attached hydrogens (tertiary/aromatic N) is 3. The van der Waals surface area contributed by atoms with Gasteiger partial charge in [-0.15, -0.1) is 0 Å². The Kier molecular flexibility index (Phi) is 23.8. The Hall–Kier alpha value is -6.53. The number of amides is 7. The van der Waals surface area contributed by atoms with Crippen LogP contribution < -0.4 is 65.9 Å². The van der Waals surface area contributed by atoms with Crippen LogP contribution in [0.25, 0.3) is 0 Å². The highest BCUT2D eigenvalue weighted by Gasteiger charge is 2.36. The summed E-state index contributed by atoms with van der Waals surface area (Å²) >= 11 is 0. The first-order chi connectivity index (χ1) is 30.7. The van der Waals surface area contributed by atoms with Gasteiger partial charge in [0, 0.05) is 31.4 Å². The van der Waals surface area contributed by atoms with Crippen LogP contribution in [0.2, 0.25) is 0 Å². The summed E-state index contributed by atoms with van der Waals surface area (Å²) < 4.78 is 0. The zero-order valence-corrected chi connectivity index (χ0v) is 37.7. The first-order valence-corrected chi connectivity index (χ1v) is 21.8. The number of aromatic amines is 1. The smallest absolute Gasteiger partial charge is 0.305 e. The molecular formula is C40H70N16O9. The van der Waals surface area contributed by atoms with Crippen LogP contribution in [0.5, 0.6) is 0 Å². The van der Waals surface area contributed by atoms with Crippen LogP contribution in [0.4, 0.5) is 0 Å². The molecule has 0 bridgehead atoms. The van der Waals surface area contributed by atoms with E-state index in [0.717, 1.165) is 0 Å². The molecule has 0 saturated carbocycles. The number of carbonyl (C=O) groups excluding carboxylic acids is 7. The average Bonchev–Trinajstić information content (AvgIpc) is 3.73. The number of aromatic nitrogens is 2. The van der Waals surface area contributed by atoms with Gasteiger partial charge in [-0.2, -0.15) is 0 Å². The van der Waals surface area contributed by atoms with E-state index in [9.17, 15) is 43.5 Å². The molecule has 1 fully saturated rings. The van der Waals surface area contributed by atoms with Crippen molar-refractivity contribution in [1.29, 1.82) is 0 Å². The van der Waals surface area contributed by atoms with Crippen LogP contribution in [-0.2, 0) is 44.8 Å². The first-order valence-electron chi connectivity index (χ1n) is 21.8. The molecule has 25 nitrogen and oxygen atoms in total. The lowest BCUT2D eigenvalue weighted by molar-refractivity contribution is -0.141. The molecule has 65 heavy (non-hydrogen) atoms. The van der Waals surface area contributed by atoms with Crippen molar-refractivity contribution in [2.45, 2.75) is 141 Å². The van der Waals surface area contributed by atoms with Gasteiger partial charge in [0.1, 0.15) is 42.3 Å². The van der Waals surface area contributed by atoms with E-state index in [4.69, 9.17) is 28.7 Å². The van der Waals surface area contributed by atoms with E-state index in [-0.39, 0.29) is 94.8 Å². The third-order valence-corrected chi connectivity index (χ3v) is 10.0. The monoisotopic (exact) mass is 919 g/mol. The molecule has 25 heteroatoms. The van der Waals surface area contributed by atoms with E-state index in [2.05, 4.69) is 57.2 Å². The van der Waals surface area contributed by atoms with E-state index >= 15 is 0 Å². The zero-order valence-electron chi connectivity index (χ0n) is 37.7. The molecule has 19 N–H and O–H groups in total. The molecule has 1 aliphatic heterocycles. The van der Waals surface area contributed by atoms with E-state index in [1.807, 2.05) is 27.7 Å². The van der Waals surface area contributed by atoms with Crippen molar-refractivity contribution in [3.05, 3.63) is 18.2 Å². The van der Waals surface area contributed by atoms with E-state index < -0.39 is 96.0 Å². The van der Waals surface area contributed by atoms with Crippen LogP contribution in [0.1, 0.15) is 97.6 Å². The fraction of sp³-hybridized carbons (Fsp3) is 0.675. The number of unbranched alkanes of at least 4 members (excludes halogenated alkanes) is 1.